The Labute approximate surface area is 78.5 Å². The van der Waals surface area contributed by atoms with Gasteiger partial charge in [-0.15, -0.1) is 0 Å². The van der Waals surface area contributed by atoms with Crippen LogP contribution in [0.5, 0.6) is 5.75 Å². The third-order valence-electron chi connectivity index (χ3n) is 1.82. The van der Waals surface area contributed by atoms with Gasteiger partial charge >= 0.3 is 0 Å². The fourth-order valence-electron chi connectivity index (χ4n) is 0.947. The topological polar surface area (TPSA) is 26.3 Å². The smallest absolute Gasteiger partial charge is 0.122 e. The maximum atomic E-state index is 10.3. The molecule has 1 aromatic rings. The lowest BCUT2D eigenvalue weighted by Gasteiger charge is -2.06. The third-order valence-corrected chi connectivity index (χ3v) is 1.82. The Balaban J connectivity index is 2.24. The minimum atomic E-state index is 0.0868. The van der Waals surface area contributed by atoms with Crippen LogP contribution in [-0.2, 0) is 4.79 Å². The van der Waals surface area contributed by atoms with Crippen LogP contribution in [0.15, 0.2) is 30.3 Å². The van der Waals surface area contributed by atoms with Crippen LogP contribution in [-0.4, -0.2) is 12.9 Å². The van der Waals surface area contributed by atoms with Gasteiger partial charge in [0.1, 0.15) is 12.0 Å². The lowest BCUT2D eigenvalue weighted by atomic mass is 10.1. The van der Waals surface area contributed by atoms with Crippen LogP contribution >= 0.6 is 0 Å². The lowest BCUT2D eigenvalue weighted by molar-refractivity contribution is -0.111. The minimum absolute atomic E-state index is 0.0868. The number of hydrogen-bond donors (Lipinski definition) is 0. The number of rotatable bonds is 5. The van der Waals surface area contributed by atoms with Crippen molar-refractivity contribution in [2.24, 2.45) is 5.92 Å². The van der Waals surface area contributed by atoms with Crippen molar-refractivity contribution in [3.05, 3.63) is 30.3 Å². The van der Waals surface area contributed by atoms with Gasteiger partial charge < -0.3 is 9.53 Å². The van der Waals surface area contributed by atoms with Crippen LogP contribution in [0.25, 0.3) is 0 Å². The Morgan fingerprint density at radius 2 is 2.08 bits per heavy atom. The number of hydrogen-bond acceptors (Lipinski definition) is 2. The number of aldehydes is 1. The van der Waals surface area contributed by atoms with E-state index in [1.165, 1.54) is 0 Å². The monoisotopic (exact) mass is 178 g/mol. The molecule has 2 nitrogen and oxygen atoms in total. The molecule has 2 heteroatoms. The van der Waals surface area contributed by atoms with Crippen molar-refractivity contribution in [3.8, 4) is 5.75 Å². The average molecular weight is 178 g/mol. The largest absolute Gasteiger partial charge is 0.494 e. The first-order valence-electron chi connectivity index (χ1n) is 4.46. The number of para-hydroxylation sites is 1. The van der Waals surface area contributed by atoms with Crippen LogP contribution < -0.4 is 4.74 Å². The van der Waals surface area contributed by atoms with E-state index in [4.69, 9.17) is 4.74 Å². The summed E-state index contributed by atoms with van der Waals surface area (Å²) in [5, 5.41) is 0. The van der Waals surface area contributed by atoms with E-state index in [9.17, 15) is 4.79 Å². The van der Waals surface area contributed by atoms with Crippen molar-refractivity contribution in [2.75, 3.05) is 6.61 Å². The molecule has 0 radical (unpaired) electrons. The van der Waals surface area contributed by atoms with Gasteiger partial charge in [0.05, 0.1) is 6.61 Å². The Kier molecular flexibility index (Phi) is 4.03. The zero-order chi connectivity index (χ0) is 9.52. The molecule has 0 unspecified atom stereocenters. The van der Waals surface area contributed by atoms with Gasteiger partial charge in [-0.3, -0.25) is 0 Å². The number of carbonyl (C=O) groups is 1. The first-order valence-corrected chi connectivity index (χ1v) is 4.46. The number of ether oxygens (including phenoxy) is 1. The van der Waals surface area contributed by atoms with E-state index in [-0.39, 0.29) is 5.92 Å². The van der Waals surface area contributed by atoms with Crippen molar-refractivity contribution in [1.82, 2.24) is 0 Å². The van der Waals surface area contributed by atoms with Gasteiger partial charge in [0.2, 0.25) is 0 Å². The van der Waals surface area contributed by atoms with E-state index in [0.717, 1.165) is 18.5 Å². The summed E-state index contributed by atoms with van der Waals surface area (Å²) in [7, 11) is 0. The van der Waals surface area contributed by atoms with Crippen molar-refractivity contribution in [3.63, 3.8) is 0 Å². The van der Waals surface area contributed by atoms with E-state index in [0.29, 0.717) is 6.61 Å². The summed E-state index contributed by atoms with van der Waals surface area (Å²) in [5.41, 5.74) is 0. The lowest BCUT2D eigenvalue weighted by Crippen LogP contribution is -2.04. The van der Waals surface area contributed by atoms with Gasteiger partial charge in [0.25, 0.3) is 0 Å². The van der Waals surface area contributed by atoms with Crippen molar-refractivity contribution in [1.29, 1.82) is 0 Å². The molecular formula is C11H14O2. The Morgan fingerprint density at radius 3 is 2.69 bits per heavy atom. The summed E-state index contributed by atoms with van der Waals surface area (Å²) in [6, 6.07) is 9.62. The molecule has 0 aliphatic rings. The summed E-state index contributed by atoms with van der Waals surface area (Å²) in [4.78, 5) is 10.3. The second-order valence-electron chi connectivity index (χ2n) is 3.06. The maximum Gasteiger partial charge on any atom is 0.122 e. The second kappa shape index (κ2) is 5.36. The highest BCUT2D eigenvalue weighted by atomic mass is 16.5. The van der Waals surface area contributed by atoms with Gasteiger partial charge in [-0.25, -0.2) is 0 Å². The quantitative estimate of drug-likeness (QED) is 0.646. The highest BCUT2D eigenvalue weighted by molar-refractivity contribution is 5.52. The first kappa shape index (κ1) is 9.78. The molecule has 0 aromatic heterocycles. The summed E-state index contributed by atoms with van der Waals surface area (Å²) in [6.45, 7) is 2.49. The normalized spacial score (nSPS) is 12.1. The summed E-state index contributed by atoms with van der Waals surface area (Å²) in [6.07, 6.45) is 1.73. The molecule has 0 aliphatic carbocycles. The molecule has 0 spiro atoms. The fourth-order valence-corrected chi connectivity index (χ4v) is 0.947. The summed E-state index contributed by atoms with van der Waals surface area (Å²) >= 11 is 0. The molecule has 0 N–H and O–H groups in total. The number of benzene rings is 1. The van der Waals surface area contributed by atoms with Gasteiger partial charge in [-0.05, 0) is 18.6 Å². The summed E-state index contributed by atoms with van der Waals surface area (Å²) in [5.74, 6) is 0.948. The van der Waals surface area contributed by atoms with Gasteiger partial charge in [-0.1, -0.05) is 25.1 Å². The fraction of sp³-hybridized carbons (Fsp3) is 0.364. The van der Waals surface area contributed by atoms with E-state index < -0.39 is 0 Å². The number of carbonyl (C=O) groups excluding carboxylic acids is 1. The third kappa shape index (κ3) is 3.74. The molecule has 13 heavy (non-hydrogen) atoms. The first-order chi connectivity index (χ1) is 6.33. The van der Waals surface area contributed by atoms with Crippen LogP contribution in [0.3, 0.4) is 0 Å². The SMILES string of the molecule is C[C@H](C=O)CCOc1ccccc1. The molecule has 1 aromatic carbocycles. The molecule has 0 aliphatic heterocycles. The van der Waals surface area contributed by atoms with Gasteiger partial charge in [0, 0.05) is 5.92 Å². The van der Waals surface area contributed by atoms with E-state index in [1.807, 2.05) is 37.3 Å². The van der Waals surface area contributed by atoms with Crippen LogP contribution in [0, 0.1) is 5.92 Å². The Morgan fingerprint density at radius 1 is 1.38 bits per heavy atom. The predicted molar refractivity (Wildman–Crippen MR) is 51.8 cm³/mol. The maximum absolute atomic E-state index is 10.3. The standard InChI is InChI=1S/C11H14O2/c1-10(9-12)7-8-13-11-5-3-2-4-6-11/h2-6,9-10H,7-8H2,1H3/t10-/m0/s1. The zero-order valence-corrected chi connectivity index (χ0v) is 7.77. The molecule has 70 valence electrons. The van der Waals surface area contributed by atoms with Gasteiger partial charge in [-0.2, -0.15) is 0 Å². The zero-order valence-electron chi connectivity index (χ0n) is 7.77. The highest BCUT2D eigenvalue weighted by Crippen LogP contribution is 2.09. The minimum Gasteiger partial charge on any atom is -0.494 e. The molecule has 0 bridgehead atoms. The average Bonchev–Trinajstić information content (AvgIpc) is 2.19. The predicted octanol–water partition coefficient (Wildman–Crippen LogP) is 2.29. The van der Waals surface area contributed by atoms with Gasteiger partial charge in [0.15, 0.2) is 0 Å². The molecular weight excluding hydrogens is 164 g/mol. The molecule has 1 atom stereocenters. The summed E-state index contributed by atoms with van der Waals surface area (Å²) < 4.78 is 5.42. The highest BCUT2D eigenvalue weighted by Gasteiger charge is 1.99. The Bertz CT molecular complexity index is 244. The Hall–Kier alpha value is -1.31. The van der Waals surface area contributed by atoms with E-state index in [1.54, 1.807) is 0 Å². The molecule has 1 rings (SSSR count). The van der Waals surface area contributed by atoms with E-state index in [2.05, 4.69) is 0 Å². The van der Waals surface area contributed by atoms with Crippen molar-refractivity contribution >= 4 is 6.29 Å². The van der Waals surface area contributed by atoms with Crippen LogP contribution in [0.1, 0.15) is 13.3 Å². The second-order valence-corrected chi connectivity index (χ2v) is 3.06. The molecule has 0 saturated carbocycles. The molecule has 0 fully saturated rings. The van der Waals surface area contributed by atoms with Crippen molar-refractivity contribution in [2.45, 2.75) is 13.3 Å². The van der Waals surface area contributed by atoms with Crippen molar-refractivity contribution < 1.29 is 9.53 Å². The van der Waals surface area contributed by atoms with E-state index >= 15 is 0 Å². The van der Waals surface area contributed by atoms with Crippen LogP contribution in [0.2, 0.25) is 0 Å². The molecule has 0 heterocycles. The molecule has 0 amide bonds. The van der Waals surface area contributed by atoms with Crippen LogP contribution in [0.4, 0.5) is 0 Å². The molecule has 0 saturated heterocycles.